The van der Waals surface area contributed by atoms with E-state index in [-0.39, 0.29) is 17.9 Å². The van der Waals surface area contributed by atoms with Crippen molar-refractivity contribution in [2.24, 2.45) is 5.92 Å². The molecule has 1 aromatic rings. The van der Waals surface area contributed by atoms with E-state index in [2.05, 4.69) is 5.32 Å². The summed E-state index contributed by atoms with van der Waals surface area (Å²) in [5.74, 6) is -1.05. The quantitative estimate of drug-likeness (QED) is 0.872. The first-order valence-corrected chi connectivity index (χ1v) is 7.83. The second-order valence-corrected chi connectivity index (χ2v) is 6.17. The molecule has 0 bridgehead atoms. The maximum absolute atomic E-state index is 12.1. The Bertz CT molecular complexity index is 525. The van der Waals surface area contributed by atoms with E-state index in [1.54, 1.807) is 12.1 Å². The molecule has 1 aliphatic heterocycles. The number of amides is 1. The van der Waals surface area contributed by atoms with Gasteiger partial charge in [-0.2, -0.15) is 0 Å². The van der Waals surface area contributed by atoms with E-state index in [1.807, 2.05) is 24.0 Å². The van der Waals surface area contributed by atoms with Crippen LogP contribution in [0.25, 0.3) is 0 Å². The number of carboxylic acids is 1. The lowest BCUT2D eigenvalue weighted by Crippen LogP contribution is -2.43. The number of carbonyl (C=O) groups excluding carboxylic acids is 1. The summed E-state index contributed by atoms with van der Waals surface area (Å²) in [6.45, 7) is 3.54. The molecule has 22 heavy (non-hydrogen) atoms. The fourth-order valence-electron chi connectivity index (χ4n) is 2.66. The van der Waals surface area contributed by atoms with E-state index >= 15 is 0 Å². The summed E-state index contributed by atoms with van der Waals surface area (Å²) in [5.41, 5.74) is 1.00. The number of likely N-dealkylation sites (tertiary alicyclic amines) is 1. The molecule has 2 rings (SSSR count). The van der Waals surface area contributed by atoms with Gasteiger partial charge in [-0.3, -0.25) is 14.5 Å². The van der Waals surface area contributed by atoms with Gasteiger partial charge in [0, 0.05) is 5.02 Å². The molecular weight excluding hydrogens is 304 g/mol. The fraction of sp³-hybridized carbons (Fsp3) is 0.500. The molecule has 5 nitrogen and oxygen atoms in total. The van der Waals surface area contributed by atoms with Gasteiger partial charge in [0.15, 0.2) is 0 Å². The monoisotopic (exact) mass is 324 g/mol. The third-order valence-corrected chi connectivity index (χ3v) is 4.30. The first kappa shape index (κ1) is 16.8. The Morgan fingerprint density at radius 1 is 1.32 bits per heavy atom. The molecule has 1 aromatic carbocycles. The van der Waals surface area contributed by atoms with Crippen molar-refractivity contribution in [1.29, 1.82) is 0 Å². The van der Waals surface area contributed by atoms with Crippen LogP contribution in [0.4, 0.5) is 0 Å². The molecule has 0 spiro atoms. The molecule has 1 saturated heterocycles. The van der Waals surface area contributed by atoms with Crippen molar-refractivity contribution in [2.45, 2.75) is 25.8 Å². The van der Waals surface area contributed by atoms with E-state index in [4.69, 9.17) is 16.7 Å². The summed E-state index contributed by atoms with van der Waals surface area (Å²) in [5, 5.41) is 12.6. The number of hydrogen-bond acceptors (Lipinski definition) is 3. The van der Waals surface area contributed by atoms with Gasteiger partial charge >= 0.3 is 5.97 Å². The second kappa shape index (κ2) is 7.61. The number of piperidine rings is 1. The van der Waals surface area contributed by atoms with Gasteiger partial charge in [-0.15, -0.1) is 0 Å². The third-order valence-electron chi connectivity index (χ3n) is 4.05. The molecule has 1 fully saturated rings. The molecule has 0 aromatic heterocycles. The zero-order valence-electron chi connectivity index (χ0n) is 12.6. The highest BCUT2D eigenvalue weighted by atomic mass is 35.5. The Kier molecular flexibility index (Phi) is 5.80. The summed E-state index contributed by atoms with van der Waals surface area (Å²) < 4.78 is 0. The molecule has 0 radical (unpaired) electrons. The lowest BCUT2D eigenvalue weighted by Gasteiger charge is -2.29. The molecule has 1 unspecified atom stereocenters. The van der Waals surface area contributed by atoms with Gasteiger partial charge in [0.05, 0.1) is 18.5 Å². The Morgan fingerprint density at radius 3 is 2.45 bits per heavy atom. The third kappa shape index (κ3) is 4.71. The van der Waals surface area contributed by atoms with Crippen LogP contribution in [0.15, 0.2) is 24.3 Å². The predicted octanol–water partition coefficient (Wildman–Crippen LogP) is 2.31. The highest BCUT2D eigenvalue weighted by Gasteiger charge is 2.25. The van der Waals surface area contributed by atoms with Gasteiger partial charge < -0.3 is 10.4 Å². The number of carbonyl (C=O) groups is 2. The van der Waals surface area contributed by atoms with Crippen LogP contribution in [0.5, 0.6) is 0 Å². The van der Waals surface area contributed by atoms with Gasteiger partial charge in [0.1, 0.15) is 0 Å². The second-order valence-electron chi connectivity index (χ2n) is 5.73. The number of halogens is 1. The van der Waals surface area contributed by atoms with Crippen LogP contribution >= 0.6 is 11.6 Å². The van der Waals surface area contributed by atoms with Crippen molar-refractivity contribution in [3.63, 3.8) is 0 Å². The Morgan fingerprint density at radius 2 is 1.91 bits per heavy atom. The standard InChI is InChI=1S/C16H21ClN2O3/c1-11(12-2-4-14(17)5-3-12)18-15(20)10-19-8-6-13(7-9-19)16(21)22/h2-5,11,13H,6-10H2,1H3,(H,18,20)(H,21,22). The largest absolute Gasteiger partial charge is 0.481 e. The summed E-state index contributed by atoms with van der Waals surface area (Å²) in [4.78, 5) is 25.0. The van der Waals surface area contributed by atoms with Crippen molar-refractivity contribution in [3.05, 3.63) is 34.9 Å². The SMILES string of the molecule is CC(NC(=O)CN1CCC(C(=O)O)CC1)c1ccc(Cl)cc1. The maximum atomic E-state index is 12.1. The van der Waals surface area contributed by atoms with Gasteiger partial charge in [-0.1, -0.05) is 23.7 Å². The lowest BCUT2D eigenvalue weighted by molar-refractivity contribution is -0.143. The number of hydrogen-bond donors (Lipinski definition) is 2. The van der Waals surface area contributed by atoms with Crippen LogP contribution in [-0.4, -0.2) is 41.5 Å². The van der Waals surface area contributed by atoms with Crippen molar-refractivity contribution in [3.8, 4) is 0 Å². The number of nitrogens with one attached hydrogen (secondary N) is 1. The van der Waals surface area contributed by atoms with E-state index in [9.17, 15) is 9.59 Å². The van der Waals surface area contributed by atoms with Gasteiger partial charge in [0.25, 0.3) is 0 Å². The molecule has 2 N–H and O–H groups in total. The van der Waals surface area contributed by atoms with Crippen LogP contribution in [0, 0.1) is 5.92 Å². The van der Waals surface area contributed by atoms with Crippen LogP contribution in [0.3, 0.4) is 0 Å². The van der Waals surface area contributed by atoms with Crippen LogP contribution in [0.2, 0.25) is 5.02 Å². The molecule has 1 atom stereocenters. The minimum absolute atomic E-state index is 0.0452. The number of carboxylic acid groups (broad SMARTS) is 1. The molecule has 0 aliphatic carbocycles. The Labute approximate surface area is 135 Å². The van der Waals surface area contributed by atoms with Crippen molar-refractivity contribution in [2.75, 3.05) is 19.6 Å². The van der Waals surface area contributed by atoms with Crippen molar-refractivity contribution >= 4 is 23.5 Å². The molecule has 6 heteroatoms. The van der Waals surface area contributed by atoms with E-state index < -0.39 is 5.97 Å². The normalized spacial score (nSPS) is 17.9. The smallest absolute Gasteiger partial charge is 0.306 e. The fourth-order valence-corrected chi connectivity index (χ4v) is 2.79. The highest BCUT2D eigenvalue weighted by molar-refractivity contribution is 6.30. The van der Waals surface area contributed by atoms with E-state index in [0.717, 1.165) is 5.56 Å². The molecule has 1 aliphatic rings. The molecule has 120 valence electrons. The summed E-state index contributed by atoms with van der Waals surface area (Å²) in [6, 6.07) is 7.31. The number of rotatable bonds is 5. The topological polar surface area (TPSA) is 69.6 Å². The molecule has 1 heterocycles. The molecule has 0 saturated carbocycles. The van der Waals surface area contributed by atoms with Gasteiger partial charge in [-0.25, -0.2) is 0 Å². The Hall–Kier alpha value is -1.59. The zero-order chi connectivity index (χ0) is 16.1. The first-order valence-electron chi connectivity index (χ1n) is 7.45. The Balaban J connectivity index is 1.78. The first-order chi connectivity index (χ1) is 10.5. The number of benzene rings is 1. The minimum Gasteiger partial charge on any atom is -0.481 e. The van der Waals surface area contributed by atoms with Crippen LogP contribution in [0.1, 0.15) is 31.4 Å². The van der Waals surface area contributed by atoms with Crippen LogP contribution < -0.4 is 5.32 Å². The summed E-state index contributed by atoms with van der Waals surface area (Å²) >= 11 is 5.85. The highest BCUT2D eigenvalue weighted by Crippen LogP contribution is 2.18. The van der Waals surface area contributed by atoms with Gasteiger partial charge in [-0.05, 0) is 50.6 Å². The average Bonchev–Trinajstić information content (AvgIpc) is 2.48. The van der Waals surface area contributed by atoms with Crippen molar-refractivity contribution < 1.29 is 14.7 Å². The van der Waals surface area contributed by atoms with Gasteiger partial charge in [0.2, 0.25) is 5.91 Å². The zero-order valence-corrected chi connectivity index (χ0v) is 13.3. The number of aliphatic carboxylic acids is 1. The van der Waals surface area contributed by atoms with Crippen molar-refractivity contribution in [1.82, 2.24) is 10.2 Å². The average molecular weight is 325 g/mol. The lowest BCUT2D eigenvalue weighted by atomic mass is 9.97. The van der Waals surface area contributed by atoms with E-state index in [1.165, 1.54) is 0 Å². The van der Waals surface area contributed by atoms with Crippen LogP contribution in [-0.2, 0) is 9.59 Å². The molecule has 1 amide bonds. The minimum atomic E-state index is -0.736. The maximum Gasteiger partial charge on any atom is 0.306 e. The summed E-state index contributed by atoms with van der Waals surface area (Å²) in [6.07, 6.45) is 1.21. The predicted molar refractivity (Wildman–Crippen MR) is 84.8 cm³/mol. The number of nitrogens with zero attached hydrogens (tertiary/aromatic N) is 1. The molecular formula is C16H21ClN2O3. The van der Waals surface area contributed by atoms with E-state index in [0.29, 0.717) is 37.5 Å². The summed E-state index contributed by atoms with van der Waals surface area (Å²) in [7, 11) is 0.